The van der Waals surface area contributed by atoms with Crippen LogP contribution >= 0.6 is 0 Å². The average Bonchev–Trinajstić information content (AvgIpc) is 2.88. The molecule has 0 aromatic heterocycles. The van der Waals surface area contributed by atoms with Crippen LogP contribution in [0.25, 0.3) is 0 Å². The fraction of sp³-hybridized carbons (Fsp3) is 0.235. The monoisotopic (exact) mass is 283 g/mol. The third kappa shape index (κ3) is 2.76. The topological polar surface area (TPSA) is 49.8 Å². The molecule has 0 bridgehead atoms. The van der Waals surface area contributed by atoms with Crippen LogP contribution in [-0.2, 0) is 19.6 Å². The molecule has 2 aromatic carbocycles. The van der Waals surface area contributed by atoms with E-state index in [4.69, 9.17) is 4.74 Å². The Morgan fingerprint density at radius 2 is 1.95 bits per heavy atom. The summed E-state index contributed by atoms with van der Waals surface area (Å²) in [6, 6.07) is 13.3. The molecule has 0 atom stereocenters. The van der Waals surface area contributed by atoms with Gasteiger partial charge in [-0.1, -0.05) is 24.3 Å². The molecular formula is C17H17NO3. The van der Waals surface area contributed by atoms with Gasteiger partial charge in [0.25, 0.3) is 0 Å². The highest BCUT2D eigenvalue weighted by atomic mass is 16.5. The molecule has 1 N–H and O–H groups in total. The SMILES string of the molecule is COc1ccc2c(c1)CN(Cc1ccccc1C(=O)O)C2. The lowest BCUT2D eigenvalue weighted by Gasteiger charge is -2.16. The molecule has 0 saturated carbocycles. The Morgan fingerprint density at radius 3 is 2.71 bits per heavy atom. The van der Waals surface area contributed by atoms with E-state index in [2.05, 4.69) is 17.0 Å². The summed E-state index contributed by atoms with van der Waals surface area (Å²) in [6.07, 6.45) is 0. The summed E-state index contributed by atoms with van der Waals surface area (Å²) in [5.74, 6) is -0.00878. The zero-order valence-electron chi connectivity index (χ0n) is 11.9. The maximum absolute atomic E-state index is 11.3. The Labute approximate surface area is 123 Å². The summed E-state index contributed by atoms with van der Waals surface area (Å²) in [6.45, 7) is 2.30. The van der Waals surface area contributed by atoms with Crippen molar-refractivity contribution in [3.05, 3.63) is 64.7 Å². The van der Waals surface area contributed by atoms with Crippen molar-refractivity contribution < 1.29 is 14.6 Å². The van der Waals surface area contributed by atoms with Gasteiger partial charge in [0.2, 0.25) is 0 Å². The van der Waals surface area contributed by atoms with Crippen molar-refractivity contribution in [1.29, 1.82) is 0 Å². The summed E-state index contributed by atoms with van der Waals surface area (Å²) in [5.41, 5.74) is 3.77. The van der Waals surface area contributed by atoms with E-state index in [0.29, 0.717) is 12.1 Å². The van der Waals surface area contributed by atoms with E-state index in [1.807, 2.05) is 18.2 Å². The minimum Gasteiger partial charge on any atom is -0.497 e. The minimum absolute atomic E-state index is 0.381. The number of hydrogen-bond donors (Lipinski definition) is 1. The van der Waals surface area contributed by atoms with Gasteiger partial charge in [-0.25, -0.2) is 4.79 Å². The maximum Gasteiger partial charge on any atom is 0.336 e. The van der Waals surface area contributed by atoms with Gasteiger partial charge in [0.05, 0.1) is 12.7 Å². The van der Waals surface area contributed by atoms with Gasteiger partial charge in [0, 0.05) is 19.6 Å². The van der Waals surface area contributed by atoms with E-state index in [1.165, 1.54) is 11.1 Å². The van der Waals surface area contributed by atoms with Crippen LogP contribution in [0.4, 0.5) is 0 Å². The average molecular weight is 283 g/mol. The van der Waals surface area contributed by atoms with Gasteiger partial charge >= 0.3 is 5.97 Å². The lowest BCUT2D eigenvalue weighted by Crippen LogP contribution is -2.17. The van der Waals surface area contributed by atoms with E-state index < -0.39 is 5.97 Å². The number of carbonyl (C=O) groups is 1. The van der Waals surface area contributed by atoms with Crippen molar-refractivity contribution in [2.75, 3.05) is 7.11 Å². The fourth-order valence-electron chi connectivity index (χ4n) is 2.79. The van der Waals surface area contributed by atoms with Crippen LogP contribution in [0.5, 0.6) is 5.75 Å². The molecule has 0 unspecified atom stereocenters. The first-order valence-corrected chi connectivity index (χ1v) is 6.86. The molecule has 0 fully saturated rings. The Hall–Kier alpha value is -2.33. The summed E-state index contributed by atoms with van der Waals surface area (Å²) in [4.78, 5) is 13.5. The summed E-state index contributed by atoms with van der Waals surface area (Å²) < 4.78 is 5.25. The van der Waals surface area contributed by atoms with E-state index in [-0.39, 0.29) is 0 Å². The number of hydrogen-bond acceptors (Lipinski definition) is 3. The molecule has 0 amide bonds. The van der Waals surface area contributed by atoms with E-state index in [0.717, 1.165) is 24.4 Å². The summed E-state index contributed by atoms with van der Waals surface area (Å²) >= 11 is 0. The third-order valence-corrected chi connectivity index (χ3v) is 3.84. The van der Waals surface area contributed by atoms with Crippen molar-refractivity contribution in [2.45, 2.75) is 19.6 Å². The molecule has 0 saturated heterocycles. The predicted octanol–water partition coefficient (Wildman–Crippen LogP) is 2.91. The summed E-state index contributed by atoms with van der Waals surface area (Å²) in [5, 5.41) is 9.25. The van der Waals surface area contributed by atoms with Gasteiger partial charge < -0.3 is 9.84 Å². The molecule has 0 radical (unpaired) electrons. The van der Waals surface area contributed by atoms with Gasteiger partial charge in [-0.05, 0) is 34.9 Å². The molecule has 1 aliphatic rings. The molecule has 1 aliphatic heterocycles. The van der Waals surface area contributed by atoms with Gasteiger partial charge in [0.15, 0.2) is 0 Å². The number of carboxylic acids is 1. The predicted molar refractivity (Wildman–Crippen MR) is 79.3 cm³/mol. The Bertz CT molecular complexity index is 681. The van der Waals surface area contributed by atoms with Crippen LogP contribution in [0, 0.1) is 0 Å². The number of nitrogens with zero attached hydrogens (tertiary/aromatic N) is 1. The second kappa shape index (κ2) is 5.58. The number of methoxy groups -OCH3 is 1. The number of ether oxygens (including phenoxy) is 1. The zero-order chi connectivity index (χ0) is 14.8. The van der Waals surface area contributed by atoms with E-state index in [9.17, 15) is 9.90 Å². The molecule has 3 rings (SSSR count). The molecule has 21 heavy (non-hydrogen) atoms. The number of rotatable bonds is 4. The van der Waals surface area contributed by atoms with Gasteiger partial charge in [-0.2, -0.15) is 0 Å². The molecule has 0 aliphatic carbocycles. The first-order chi connectivity index (χ1) is 10.2. The Kier molecular flexibility index (Phi) is 3.62. The largest absolute Gasteiger partial charge is 0.497 e. The molecule has 108 valence electrons. The maximum atomic E-state index is 11.3. The van der Waals surface area contributed by atoms with Crippen molar-refractivity contribution >= 4 is 5.97 Å². The fourth-order valence-corrected chi connectivity index (χ4v) is 2.79. The van der Waals surface area contributed by atoms with Gasteiger partial charge in [-0.15, -0.1) is 0 Å². The quantitative estimate of drug-likeness (QED) is 0.937. The normalized spacial score (nSPS) is 14.0. The van der Waals surface area contributed by atoms with Crippen LogP contribution in [0.15, 0.2) is 42.5 Å². The molecule has 0 spiro atoms. The first kappa shape index (κ1) is 13.6. The molecular weight excluding hydrogens is 266 g/mol. The van der Waals surface area contributed by atoms with Gasteiger partial charge in [-0.3, -0.25) is 4.90 Å². The van der Waals surface area contributed by atoms with Gasteiger partial charge in [0.1, 0.15) is 5.75 Å². The standard InChI is InChI=1S/C17H17NO3/c1-21-15-7-6-12-9-18(11-14(12)8-15)10-13-4-2-3-5-16(13)17(19)20/h2-8H,9-11H2,1H3,(H,19,20). The molecule has 1 heterocycles. The van der Waals surface area contributed by atoms with Crippen molar-refractivity contribution in [1.82, 2.24) is 4.90 Å². The zero-order valence-corrected chi connectivity index (χ0v) is 11.9. The lowest BCUT2D eigenvalue weighted by molar-refractivity contribution is 0.0694. The van der Waals surface area contributed by atoms with Crippen molar-refractivity contribution in [3.63, 3.8) is 0 Å². The molecule has 4 heteroatoms. The second-order valence-electron chi connectivity index (χ2n) is 5.24. The highest BCUT2D eigenvalue weighted by molar-refractivity contribution is 5.89. The Balaban J connectivity index is 1.78. The van der Waals surface area contributed by atoms with Crippen molar-refractivity contribution in [2.24, 2.45) is 0 Å². The van der Waals surface area contributed by atoms with E-state index >= 15 is 0 Å². The highest BCUT2D eigenvalue weighted by Gasteiger charge is 2.21. The smallest absolute Gasteiger partial charge is 0.336 e. The third-order valence-electron chi connectivity index (χ3n) is 3.84. The number of carboxylic acid groups (broad SMARTS) is 1. The number of benzene rings is 2. The number of fused-ring (bicyclic) bond motifs is 1. The van der Waals surface area contributed by atoms with Crippen LogP contribution in [0.3, 0.4) is 0 Å². The van der Waals surface area contributed by atoms with E-state index in [1.54, 1.807) is 19.2 Å². The van der Waals surface area contributed by atoms with Crippen LogP contribution in [-0.4, -0.2) is 23.1 Å². The van der Waals surface area contributed by atoms with Crippen LogP contribution < -0.4 is 4.74 Å². The summed E-state index contributed by atoms with van der Waals surface area (Å²) in [7, 11) is 1.66. The Morgan fingerprint density at radius 1 is 1.19 bits per heavy atom. The highest BCUT2D eigenvalue weighted by Crippen LogP contribution is 2.28. The number of aromatic carboxylic acids is 1. The van der Waals surface area contributed by atoms with Crippen LogP contribution in [0.2, 0.25) is 0 Å². The molecule has 2 aromatic rings. The van der Waals surface area contributed by atoms with Crippen LogP contribution in [0.1, 0.15) is 27.0 Å². The second-order valence-corrected chi connectivity index (χ2v) is 5.24. The van der Waals surface area contributed by atoms with Crippen molar-refractivity contribution in [3.8, 4) is 5.75 Å². The lowest BCUT2D eigenvalue weighted by atomic mass is 10.1. The minimum atomic E-state index is -0.871. The first-order valence-electron chi connectivity index (χ1n) is 6.86. The molecule has 4 nitrogen and oxygen atoms in total.